The van der Waals surface area contributed by atoms with Gasteiger partial charge in [-0.2, -0.15) is 4.98 Å². The molecule has 4 rings (SSSR count). The van der Waals surface area contributed by atoms with Gasteiger partial charge in [0.1, 0.15) is 23.3 Å². The van der Waals surface area contributed by atoms with Gasteiger partial charge >= 0.3 is 5.97 Å². The zero-order valence-electron chi connectivity index (χ0n) is 18.3. The molecule has 2 aliphatic rings. The van der Waals surface area contributed by atoms with E-state index in [-0.39, 0.29) is 35.4 Å². The smallest absolute Gasteiger partial charge is 0.338 e. The highest BCUT2D eigenvalue weighted by Crippen LogP contribution is 2.40. The van der Waals surface area contributed by atoms with Crippen molar-refractivity contribution in [1.29, 1.82) is 0 Å². The van der Waals surface area contributed by atoms with Gasteiger partial charge in [-0.1, -0.05) is 19.8 Å². The average molecular weight is 443 g/mol. The first-order chi connectivity index (χ1) is 15.3. The molecule has 170 valence electrons. The Morgan fingerprint density at radius 2 is 2.06 bits per heavy atom. The summed E-state index contributed by atoms with van der Waals surface area (Å²) in [6.45, 7) is 1.99. The maximum absolute atomic E-state index is 14.3. The minimum atomic E-state index is -1.39. The molecule has 1 aromatic carbocycles. The molecule has 0 radical (unpaired) electrons. The molecule has 1 aliphatic carbocycles. The lowest BCUT2D eigenvalue weighted by Gasteiger charge is -2.43. The zero-order chi connectivity index (χ0) is 23.0. The maximum Gasteiger partial charge on any atom is 0.338 e. The number of amides is 1. The summed E-state index contributed by atoms with van der Waals surface area (Å²) < 4.78 is 19.5. The highest BCUT2D eigenvalue weighted by atomic mass is 19.1. The third-order valence-electron chi connectivity index (χ3n) is 6.18. The van der Waals surface area contributed by atoms with E-state index < -0.39 is 17.3 Å². The number of fused-ring (bicyclic) bond motifs is 1. The molecule has 1 aromatic heterocycles. The quantitative estimate of drug-likeness (QED) is 0.698. The first kappa shape index (κ1) is 21.8. The van der Waals surface area contributed by atoms with Crippen molar-refractivity contribution in [2.24, 2.45) is 0 Å². The van der Waals surface area contributed by atoms with E-state index in [0.29, 0.717) is 17.9 Å². The Morgan fingerprint density at radius 1 is 1.34 bits per heavy atom. The molecule has 10 heteroatoms. The number of halogens is 1. The van der Waals surface area contributed by atoms with Gasteiger partial charge in [-0.3, -0.25) is 4.79 Å². The van der Waals surface area contributed by atoms with Crippen LogP contribution in [0.3, 0.4) is 0 Å². The monoisotopic (exact) mass is 443 g/mol. The van der Waals surface area contributed by atoms with Crippen LogP contribution in [0.15, 0.2) is 18.3 Å². The van der Waals surface area contributed by atoms with Crippen LogP contribution in [0.25, 0.3) is 0 Å². The van der Waals surface area contributed by atoms with Gasteiger partial charge in [0, 0.05) is 19.2 Å². The van der Waals surface area contributed by atoms with E-state index in [1.54, 1.807) is 18.1 Å². The second-order valence-electron chi connectivity index (χ2n) is 8.03. The van der Waals surface area contributed by atoms with E-state index in [2.05, 4.69) is 15.2 Å². The van der Waals surface area contributed by atoms with Crippen molar-refractivity contribution in [2.75, 3.05) is 29.3 Å². The molecule has 2 aromatic rings. The van der Waals surface area contributed by atoms with Crippen molar-refractivity contribution < 1.29 is 23.8 Å². The second-order valence-corrected chi connectivity index (χ2v) is 8.03. The van der Waals surface area contributed by atoms with Crippen LogP contribution >= 0.6 is 0 Å². The number of anilines is 4. The number of carbonyl (C=O) groups excluding carboxylic acids is 1. The third-order valence-corrected chi connectivity index (χ3v) is 6.18. The molecule has 2 heterocycles. The number of aromatic nitrogens is 2. The van der Waals surface area contributed by atoms with Gasteiger partial charge in [-0.25, -0.2) is 14.2 Å². The molecule has 1 amide bonds. The number of carbonyl (C=O) groups is 2. The highest BCUT2D eigenvalue weighted by molar-refractivity contribution is 6.04. The van der Waals surface area contributed by atoms with Gasteiger partial charge in [0.05, 0.1) is 24.6 Å². The normalized spacial score (nSPS) is 18.6. The number of nitrogens with zero attached hydrogens (tertiary/aromatic N) is 4. The molecule has 32 heavy (non-hydrogen) atoms. The molecule has 0 spiro atoms. The Hall–Kier alpha value is -3.43. The van der Waals surface area contributed by atoms with Crippen LogP contribution in [0.5, 0.6) is 5.75 Å². The Bertz CT molecular complexity index is 1060. The summed E-state index contributed by atoms with van der Waals surface area (Å²) in [5, 5.41) is 12.1. The van der Waals surface area contributed by atoms with Gasteiger partial charge < -0.3 is 25.0 Å². The molecule has 0 saturated heterocycles. The molecule has 1 fully saturated rings. The van der Waals surface area contributed by atoms with E-state index in [4.69, 9.17) is 14.8 Å². The number of aromatic carboxylic acids is 1. The maximum atomic E-state index is 14.3. The summed E-state index contributed by atoms with van der Waals surface area (Å²) in [7, 11) is 3.08. The zero-order valence-corrected chi connectivity index (χ0v) is 18.3. The molecule has 2 N–H and O–H groups in total. The van der Waals surface area contributed by atoms with E-state index in [1.807, 2.05) is 6.92 Å². The summed E-state index contributed by atoms with van der Waals surface area (Å²) in [5.74, 6) is -1.26. The Balaban J connectivity index is 1.75. The summed E-state index contributed by atoms with van der Waals surface area (Å²) >= 11 is 0. The summed E-state index contributed by atoms with van der Waals surface area (Å²) in [6, 6.07) is 2.08. The lowest BCUT2D eigenvalue weighted by atomic mass is 10.0. The van der Waals surface area contributed by atoms with Crippen LogP contribution in [0.4, 0.5) is 27.5 Å². The second kappa shape index (κ2) is 8.60. The SMILES string of the molecule is CC[C@@H]1C(=O)N(C)c2cnc(Nc3cc(F)c(C(=O)O)cc3OC)nc2N1C1CCCC1. The van der Waals surface area contributed by atoms with Crippen molar-refractivity contribution in [2.45, 2.75) is 51.1 Å². The highest BCUT2D eigenvalue weighted by Gasteiger charge is 2.41. The van der Waals surface area contributed by atoms with Gasteiger partial charge in [0.25, 0.3) is 0 Å². The number of carboxylic acids is 1. The van der Waals surface area contributed by atoms with E-state index >= 15 is 0 Å². The van der Waals surface area contributed by atoms with Crippen molar-refractivity contribution in [3.8, 4) is 5.75 Å². The van der Waals surface area contributed by atoms with Crippen LogP contribution in [-0.4, -0.2) is 53.2 Å². The van der Waals surface area contributed by atoms with E-state index in [0.717, 1.165) is 37.8 Å². The molecule has 0 bridgehead atoms. The van der Waals surface area contributed by atoms with Crippen LogP contribution < -0.4 is 19.9 Å². The summed E-state index contributed by atoms with van der Waals surface area (Å²) in [4.78, 5) is 36.9. The third kappa shape index (κ3) is 3.69. The number of methoxy groups -OCH3 is 1. The van der Waals surface area contributed by atoms with Crippen LogP contribution in [0.2, 0.25) is 0 Å². The first-order valence-corrected chi connectivity index (χ1v) is 10.7. The predicted octanol–water partition coefficient (Wildman–Crippen LogP) is 3.57. The van der Waals surface area contributed by atoms with E-state index in [9.17, 15) is 14.0 Å². The Labute approximate surface area is 185 Å². The van der Waals surface area contributed by atoms with Crippen molar-refractivity contribution in [1.82, 2.24) is 9.97 Å². The number of hydrogen-bond acceptors (Lipinski definition) is 7. The largest absolute Gasteiger partial charge is 0.495 e. The van der Waals surface area contributed by atoms with Gasteiger partial charge in [0.2, 0.25) is 11.9 Å². The molecule has 1 aliphatic heterocycles. The average Bonchev–Trinajstić information content (AvgIpc) is 3.30. The number of hydrogen-bond donors (Lipinski definition) is 2. The van der Waals surface area contributed by atoms with Crippen LogP contribution in [0, 0.1) is 5.82 Å². The lowest BCUT2D eigenvalue weighted by Crippen LogP contribution is -2.55. The van der Waals surface area contributed by atoms with Gasteiger partial charge in [0.15, 0.2) is 5.82 Å². The number of carboxylic acid groups (broad SMARTS) is 1. The fraction of sp³-hybridized carbons (Fsp3) is 0.455. The topological polar surface area (TPSA) is 108 Å². The number of benzene rings is 1. The standard InChI is InChI=1S/C22H26FN5O4/c1-4-16-20(29)27(2)17-11-24-22(26-19(17)28(16)12-7-5-6-8-12)25-15-10-14(23)13(21(30)31)9-18(15)32-3/h9-12,16H,4-8H2,1-3H3,(H,30,31)(H,24,25,26)/t16-/m1/s1. The van der Waals surface area contributed by atoms with E-state index in [1.165, 1.54) is 7.11 Å². The number of ether oxygens (including phenoxy) is 1. The van der Waals surface area contributed by atoms with Crippen LogP contribution in [-0.2, 0) is 4.79 Å². The van der Waals surface area contributed by atoms with Gasteiger partial charge in [-0.05, 0) is 25.3 Å². The molecule has 1 saturated carbocycles. The summed E-state index contributed by atoms with van der Waals surface area (Å²) in [5.41, 5.74) is 0.336. The Morgan fingerprint density at radius 3 is 2.69 bits per heavy atom. The first-order valence-electron chi connectivity index (χ1n) is 10.7. The van der Waals surface area contributed by atoms with Crippen LogP contribution in [0.1, 0.15) is 49.4 Å². The molecule has 0 unspecified atom stereocenters. The minimum Gasteiger partial charge on any atom is -0.495 e. The molecule has 9 nitrogen and oxygen atoms in total. The Kier molecular flexibility index (Phi) is 5.86. The lowest BCUT2D eigenvalue weighted by molar-refractivity contribution is -0.120. The fourth-order valence-corrected chi connectivity index (χ4v) is 4.55. The predicted molar refractivity (Wildman–Crippen MR) is 117 cm³/mol. The molecular formula is C22H26FN5O4. The van der Waals surface area contributed by atoms with Crippen molar-refractivity contribution >= 4 is 35.0 Å². The van der Waals surface area contributed by atoms with Crippen molar-refractivity contribution in [3.05, 3.63) is 29.7 Å². The minimum absolute atomic E-state index is 0.0178. The number of rotatable bonds is 6. The van der Waals surface area contributed by atoms with Gasteiger partial charge in [-0.15, -0.1) is 0 Å². The van der Waals surface area contributed by atoms with Crippen molar-refractivity contribution in [3.63, 3.8) is 0 Å². The summed E-state index contributed by atoms with van der Waals surface area (Å²) in [6.07, 6.45) is 6.44. The number of likely N-dealkylation sites (N-methyl/N-ethyl adjacent to an activating group) is 1. The molecule has 1 atom stereocenters. The molecular weight excluding hydrogens is 417 g/mol. The fourth-order valence-electron chi connectivity index (χ4n) is 4.55. The number of nitrogens with one attached hydrogen (secondary N) is 1.